The van der Waals surface area contributed by atoms with Gasteiger partial charge in [-0.15, -0.1) is 6.58 Å². The van der Waals surface area contributed by atoms with Crippen molar-refractivity contribution in [3.8, 4) is 0 Å². The monoisotopic (exact) mass is 144 g/mol. The first kappa shape index (κ1) is 9.17. The molecule has 58 valence electrons. The maximum atomic E-state index is 10.5. The Morgan fingerprint density at radius 2 is 2.40 bits per heavy atom. The van der Waals surface area contributed by atoms with Crippen molar-refractivity contribution in [1.29, 1.82) is 0 Å². The van der Waals surface area contributed by atoms with Crippen LogP contribution >= 0.6 is 0 Å². The van der Waals surface area contributed by atoms with Crippen molar-refractivity contribution >= 4 is 5.97 Å². The van der Waals surface area contributed by atoms with E-state index in [1.807, 2.05) is 0 Å². The Morgan fingerprint density at radius 1 is 1.90 bits per heavy atom. The molecule has 0 aromatic rings. The summed E-state index contributed by atoms with van der Waals surface area (Å²) in [5, 5.41) is 8.61. The molecule has 0 aliphatic rings. The molecule has 0 unspecified atom stereocenters. The highest BCUT2D eigenvalue weighted by Gasteiger charge is 2.28. The van der Waals surface area contributed by atoms with Gasteiger partial charge in [-0.25, -0.2) is 0 Å². The largest absolute Gasteiger partial charge is 0.481 e. The normalized spacial score (nSPS) is 15.8. The number of carboxylic acid groups (broad SMARTS) is 1. The van der Waals surface area contributed by atoms with Gasteiger partial charge in [0.1, 0.15) is 5.41 Å². The standard InChI is InChI=1S/C7H12O3/c1-4-7(2,5-10-3)6(8)9/h4H,1,5H2,2-3H3,(H,8,9)/t7-/m0/s1. The quantitative estimate of drug-likeness (QED) is 0.596. The molecule has 0 amide bonds. The van der Waals surface area contributed by atoms with E-state index in [0.29, 0.717) is 0 Å². The van der Waals surface area contributed by atoms with Gasteiger partial charge in [-0.1, -0.05) is 6.08 Å². The molecule has 10 heavy (non-hydrogen) atoms. The highest BCUT2D eigenvalue weighted by Crippen LogP contribution is 2.17. The predicted molar refractivity (Wildman–Crippen MR) is 37.8 cm³/mol. The summed E-state index contributed by atoms with van der Waals surface area (Å²) >= 11 is 0. The first-order valence-electron chi connectivity index (χ1n) is 2.93. The molecule has 0 fully saturated rings. The summed E-state index contributed by atoms with van der Waals surface area (Å²) in [5.74, 6) is -0.913. The number of ether oxygens (including phenoxy) is 1. The Hall–Kier alpha value is -0.830. The van der Waals surface area contributed by atoms with E-state index in [2.05, 4.69) is 6.58 Å². The van der Waals surface area contributed by atoms with Crippen LogP contribution in [0.15, 0.2) is 12.7 Å². The number of carboxylic acids is 1. The molecule has 0 spiro atoms. The second-order valence-corrected chi connectivity index (χ2v) is 2.36. The molecule has 0 rings (SSSR count). The van der Waals surface area contributed by atoms with Crippen molar-refractivity contribution in [1.82, 2.24) is 0 Å². The maximum Gasteiger partial charge on any atom is 0.315 e. The van der Waals surface area contributed by atoms with Gasteiger partial charge in [-0.3, -0.25) is 4.79 Å². The van der Waals surface area contributed by atoms with Crippen LogP contribution in [-0.4, -0.2) is 24.8 Å². The van der Waals surface area contributed by atoms with E-state index in [9.17, 15) is 4.79 Å². The lowest BCUT2D eigenvalue weighted by molar-refractivity contribution is -0.147. The lowest BCUT2D eigenvalue weighted by atomic mass is 9.92. The number of methoxy groups -OCH3 is 1. The van der Waals surface area contributed by atoms with Crippen LogP contribution in [-0.2, 0) is 9.53 Å². The van der Waals surface area contributed by atoms with Crippen molar-refractivity contribution in [3.63, 3.8) is 0 Å². The van der Waals surface area contributed by atoms with E-state index in [0.717, 1.165) is 0 Å². The second-order valence-electron chi connectivity index (χ2n) is 2.36. The first-order valence-corrected chi connectivity index (χ1v) is 2.93. The van der Waals surface area contributed by atoms with E-state index >= 15 is 0 Å². The van der Waals surface area contributed by atoms with E-state index in [4.69, 9.17) is 9.84 Å². The van der Waals surface area contributed by atoms with Gasteiger partial charge in [0.05, 0.1) is 6.61 Å². The molecule has 0 aromatic heterocycles. The van der Waals surface area contributed by atoms with Crippen LogP contribution in [0.3, 0.4) is 0 Å². The summed E-state index contributed by atoms with van der Waals surface area (Å²) in [7, 11) is 1.46. The van der Waals surface area contributed by atoms with Crippen molar-refractivity contribution in [3.05, 3.63) is 12.7 Å². The summed E-state index contributed by atoms with van der Waals surface area (Å²) in [6.45, 7) is 5.13. The molecular weight excluding hydrogens is 132 g/mol. The molecule has 0 aliphatic heterocycles. The highest BCUT2D eigenvalue weighted by molar-refractivity contribution is 5.76. The van der Waals surface area contributed by atoms with Gasteiger partial charge in [0.25, 0.3) is 0 Å². The molecule has 0 aromatic carbocycles. The van der Waals surface area contributed by atoms with E-state index < -0.39 is 11.4 Å². The van der Waals surface area contributed by atoms with E-state index in [1.165, 1.54) is 13.2 Å². The van der Waals surface area contributed by atoms with Gasteiger partial charge in [-0.05, 0) is 6.92 Å². The van der Waals surface area contributed by atoms with Crippen molar-refractivity contribution in [2.45, 2.75) is 6.92 Å². The maximum absolute atomic E-state index is 10.5. The average molecular weight is 144 g/mol. The third-order valence-electron chi connectivity index (χ3n) is 1.38. The fourth-order valence-corrected chi connectivity index (χ4v) is 0.508. The molecule has 0 heterocycles. The minimum atomic E-state index is -0.950. The summed E-state index contributed by atoms with van der Waals surface area (Å²) in [5.41, 5.74) is -0.950. The van der Waals surface area contributed by atoms with Gasteiger partial charge in [-0.2, -0.15) is 0 Å². The van der Waals surface area contributed by atoms with Crippen LogP contribution in [0.1, 0.15) is 6.92 Å². The number of carbonyl (C=O) groups is 1. The van der Waals surface area contributed by atoms with Crippen molar-refractivity contribution in [2.24, 2.45) is 5.41 Å². The summed E-state index contributed by atoms with van der Waals surface area (Å²) in [6.07, 6.45) is 1.37. The summed E-state index contributed by atoms with van der Waals surface area (Å²) in [4.78, 5) is 10.5. The number of hydrogen-bond acceptors (Lipinski definition) is 2. The molecule has 1 N–H and O–H groups in total. The lowest BCUT2D eigenvalue weighted by Gasteiger charge is -2.18. The van der Waals surface area contributed by atoms with E-state index in [1.54, 1.807) is 6.92 Å². The zero-order valence-electron chi connectivity index (χ0n) is 6.26. The fraction of sp³-hybridized carbons (Fsp3) is 0.571. The molecule has 0 radical (unpaired) electrons. The lowest BCUT2D eigenvalue weighted by Crippen LogP contribution is -2.29. The second kappa shape index (κ2) is 3.37. The topological polar surface area (TPSA) is 46.5 Å². The Bertz CT molecular complexity index is 142. The molecule has 0 saturated heterocycles. The van der Waals surface area contributed by atoms with Crippen LogP contribution in [0, 0.1) is 5.41 Å². The Balaban J connectivity index is 4.22. The number of aliphatic carboxylic acids is 1. The van der Waals surface area contributed by atoms with Crippen molar-refractivity contribution in [2.75, 3.05) is 13.7 Å². The number of rotatable bonds is 4. The third kappa shape index (κ3) is 1.84. The number of hydrogen-bond donors (Lipinski definition) is 1. The molecule has 0 aliphatic carbocycles. The van der Waals surface area contributed by atoms with Crippen LogP contribution < -0.4 is 0 Å². The molecule has 3 nitrogen and oxygen atoms in total. The van der Waals surface area contributed by atoms with Gasteiger partial charge >= 0.3 is 5.97 Å². The first-order chi connectivity index (χ1) is 4.56. The van der Waals surface area contributed by atoms with Crippen LogP contribution in [0.2, 0.25) is 0 Å². The smallest absolute Gasteiger partial charge is 0.315 e. The Labute approximate surface area is 60.3 Å². The van der Waals surface area contributed by atoms with Gasteiger partial charge in [0, 0.05) is 7.11 Å². The van der Waals surface area contributed by atoms with Gasteiger partial charge in [0.15, 0.2) is 0 Å². The minimum Gasteiger partial charge on any atom is -0.481 e. The predicted octanol–water partition coefficient (Wildman–Crippen LogP) is 0.910. The summed E-state index contributed by atoms with van der Waals surface area (Å²) in [6, 6.07) is 0. The van der Waals surface area contributed by atoms with Gasteiger partial charge in [0.2, 0.25) is 0 Å². The van der Waals surface area contributed by atoms with Crippen LogP contribution in [0.25, 0.3) is 0 Å². The van der Waals surface area contributed by atoms with Crippen molar-refractivity contribution < 1.29 is 14.6 Å². The Morgan fingerprint density at radius 3 is 2.50 bits per heavy atom. The zero-order valence-corrected chi connectivity index (χ0v) is 6.26. The molecule has 0 saturated carbocycles. The SMILES string of the molecule is C=C[C@@](C)(COC)C(=O)O. The molecule has 0 bridgehead atoms. The highest BCUT2D eigenvalue weighted by atomic mass is 16.5. The molecule has 1 atom stereocenters. The fourth-order valence-electron chi connectivity index (χ4n) is 0.508. The zero-order chi connectivity index (χ0) is 8.20. The third-order valence-corrected chi connectivity index (χ3v) is 1.38. The van der Waals surface area contributed by atoms with Gasteiger partial charge < -0.3 is 9.84 Å². The summed E-state index contributed by atoms with van der Waals surface area (Å²) < 4.78 is 4.71. The average Bonchev–Trinajstić information content (AvgIpc) is 1.88. The Kier molecular flexibility index (Phi) is 3.09. The minimum absolute atomic E-state index is 0.159. The molecule has 3 heteroatoms. The van der Waals surface area contributed by atoms with Crippen LogP contribution in [0.5, 0.6) is 0 Å². The van der Waals surface area contributed by atoms with E-state index in [-0.39, 0.29) is 6.61 Å². The molecular formula is C7H12O3. The van der Waals surface area contributed by atoms with Crippen LogP contribution in [0.4, 0.5) is 0 Å².